The number of allylic oxidation sites excluding steroid dienone is 26. The van der Waals surface area contributed by atoms with Crippen LogP contribution in [0.4, 0.5) is 0 Å². The molecule has 0 aromatic carbocycles. The van der Waals surface area contributed by atoms with Gasteiger partial charge in [-0.15, -0.1) is 0 Å². The predicted molar refractivity (Wildman–Crippen MR) is 376 cm³/mol. The normalized spacial score (nSPS) is 13.9. The van der Waals surface area contributed by atoms with Gasteiger partial charge in [0.05, 0.1) is 13.2 Å². The third-order valence-corrected chi connectivity index (χ3v) is 15.4. The molecule has 2 unspecified atom stereocenters. The number of nitrogens with two attached hydrogens (primary N) is 1. The zero-order valence-electron chi connectivity index (χ0n) is 55.4. The highest BCUT2D eigenvalue weighted by Gasteiger charge is 2.26. The molecule has 3 N–H and O–H groups in total. The predicted octanol–water partition coefficient (Wildman–Crippen LogP) is 23.2. The van der Waals surface area contributed by atoms with Gasteiger partial charge in [-0.25, -0.2) is 4.57 Å². The van der Waals surface area contributed by atoms with Crippen molar-refractivity contribution in [2.45, 2.75) is 290 Å². The minimum Gasteiger partial charge on any atom is -0.462 e. The van der Waals surface area contributed by atoms with Gasteiger partial charge < -0.3 is 20.1 Å². The Labute approximate surface area is 534 Å². The largest absolute Gasteiger partial charge is 0.472 e. The fourth-order valence-electron chi connectivity index (χ4n) is 9.26. The Balaban J connectivity index is 3.98. The van der Waals surface area contributed by atoms with Gasteiger partial charge in [0.25, 0.3) is 0 Å². The topological polar surface area (TPSA) is 134 Å². The number of carbonyl (C=O) groups excluding carboxylic acids is 2. The Morgan fingerprint density at radius 1 is 0.356 bits per heavy atom. The number of unbranched alkanes of at least 4 members (excludes halogenated alkanes) is 25. The average molecular weight is 1230 g/mol. The fraction of sp³-hybridized carbons (Fsp3) is 0.636. The van der Waals surface area contributed by atoms with Crippen LogP contribution in [0.2, 0.25) is 0 Å². The van der Waals surface area contributed by atoms with Gasteiger partial charge in [-0.05, 0) is 128 Å². The lowest BCUT2D eigenvalue weighted by Gasteiger charge is -2.19. The molecule has 0 aliphatic carbocycles. The molecular formula is C77H128NO8P. The van der Waals surface area contributed by atoms with E-state index in [1.54, 1.807) is 0 Å². The van der Waals surface area contributed by atoms with Gasteiger partial charge in [0.2, 0.25) is 0 Å². The maximum atomic E-state index is 12.8. The summed E-state index contributed by atoms with van der Waals surface area (Å²) < 4.78 is 33.2. The van der Waals surface area contributed by atoms with Crippen LogP contribution in [0.15, 0.2) is 158 Å². The minimum atomic E-state index is -4.41. The highest BCUT2D eigenvalue weighted by molar-refractivity contribution is 7.47. The van der Waals surface area contributed by atoms with Crippen LogP contribution in [0.5, 0.6) is 0 Å². The molecule has 87 heavy (non-hydrogen) atoms. The van der Waals surface area contributed by atoms with Gasteiger partial charge in [-0.1, -0.05) is 300 Å². The lowest BCUT2D eigenvalue weighted by Crippen LogP contribution is -2.29. The van der Waals surface area contributed by atoms with Crippen LogP contribution in [-0.2, 0) is 32.7 Å². The number of hydrogen-bond acceptors (Lipinski definition) is 8. The van der Waals surface area contributed by atoms with Crippen molar-refractivity contribution in [2.24, 2.45) is 5.73 Å². The van der Waals surface area contributed by atoms with E-state index in [2.05, 4.69) is 172 Å². The number of carbonyl (C=O) groups is 2. The second-order valence-corrected chi connectivity index (χ2v) is 24.1. The van der Waals surface area contributed by atoms with Crippen LogP contribution in [0, 0.1) is 0 Å². The van der Waals surface area contributed by atoms with Crippen molar-refractivity contribution in [2.75, 3.05) is 26.4 Å². The molecule has 0 aromatic rings. The van der Waals surface area contributed by atoms with Crippen molar-refractivity contribution in [3.8, 4) is 0 Å². The van der Waals surface area contributed by atoms with Crippen molar-refractivity contribution in [3.63, 3.8) is 0 Å². The van der Waals surface area contributed by atoms with E-state index < -0.39 is 26.5 Å². The van der Waals surface area contributed by atoms with E-state index in [0.717, 1.165) is 122 Å². The molecule has 0 saturated carbocycles. The van der Waals surface area contributed by atoms with Gasteiger partial charge in [-0.2, -0.15) is 0 Å². The number of rotatable bonds is 64. The van der Waals surface area contributed by atoms with Crippen molar-refractivity contribution in [3.05, 3.63) is 158 Å². The molecule has 0 bridgehead atoms. The van der Waals surface area contributed by atoms with Gasteiger partial charge in [0.15, 0.2) is 6.10 Å². The zero-order valence-corrected chi connectivity index (χ0v) is 56.3. The smallest absolute Gasteiger partial charge is 0.462 e. The van der Waals surface area contributed by atoms with E-state index in [4.69, 9.17) is 24.3 Å². The van der Waals surface area contributed by atoms with Gasteiger partial charge in [-0.3, -0.25) is 18.6 Å². The summed E-state index contributed by atoms with van der Waals surface area (Å²) in [6, 6.07) is 0. The summed E-state index contributed by atoms with van der Waals surface area (Å²) in [6.07, 6.45) is 103. The average Bonchev–Trinajstić information content (AvgIpc) is 3.64. The Hall–Kier alpha value is -4.37. The summed E-state index contributed by atoms with van der Waals surface area (Å²) in [6.45, 7) is 3.61. The zero-order chi connectivity index (χ0) is 63.0. The first-order valence-corrected chi connectivity index (χ1v) is 36.5. The summed E-state index contributed by atoms with van der Waals surface area (Å²) >= 11 is 0. The molecule has 0 aliphatic heterocycles. The monoisotopic (exact) mass is 1230 g/mol. The van der Waals surface area contributed by atoms with Crippen LogP contribution in [-0.4, -0.2) is 49.3 Å². The quantitative estimate of drug-likeness (QED) is 0.0264. The fourth-order valence-corrected chi connectivity index (χ4v) is 10.0. The number of hydrogen-bond donors (Lipinski definition) is 2. The molecule has 0 rings (SSSR count). The van der Waals surface area contributed by atoms with E-state index in [1.807, 2.05) is 0 Å². The molecule has 494 valence electrons. The third kappa shape index (κ3) is 70.6. The summed E-state index contributed by atoms with van der Waals surface area (Å²) in [4.78, 5) is 35.4. The Kier molecular flexibility index (Phi) is 67.2. The molecule has 0 amide bonds. The van der Waals surface area contributed by atoms with Crippen molar-refractivity contribution < 1.29 is 37.6 Å². The first-order chi connectivity index (χ1) is 42.8. The molecule has 0 saturated heterocycles. The molecule has 2 atom stereocenters. The number of esters is 2. The molecule has 0 spiro atoms. The standard InChI is InChI=1S/C77H128NO8P/c1-3-5-7-9-11-13-15-17-19-21-23-25-27-29-31-32-33-34-35-36-37-38-39-40-41-42-44-46-48-50-52-54-56-58-60-62-64-66-68-70-77(80)86-75(74-85-87(81,82)84-72-71-78)73-83-76(79)69-67-65-63-61-59-57-55-53-51-49-47-45-43-30-28-26-24-22-20-18-16-14-12-10-8-6-4-2/h5,7,11,13,16-19,22-25,28-31,33-34,36-37,39-40,42,44,48,50,75H,3-4,6,8-10,12,14-15,20-21,26-27,32,35,38,41,43,45-47,49,51-74,78H2,1-2H3,(H,81,82)/b7-5-,13-11-,18-16-,19-17-,24-22-,25-23-,30-28-,31-29-,34-33-,37-36-,40-39-,44-42-,50-48-. The van der Waals surface area contributed by atoms with Crippen molar-refractivity contribution in [1.82, 2.24) is 0 Å². The van der Waals surface area contributed by atoms with Crippen LogP contribution in [0.25, 0.3) is 0 Å². The van der Waals surface area contributed by atoms with E-state index in [-0.39, 0.29) is 38.6 Å². The lowest BCUT2D eigenvalue weighted by molar-refractivity contribution is -0.161. The van der Waals surface area contributed by atoms with E-state index in [0.29, 0.717) is 6.42 Å². The highest BCUT2D eigenvalue weighted by atomic mass is 31.2. The molecule has 0 radical (unpaired) electrons. The Morgan fingerprint density at radius 2 is 0.632 bits per heavy atom. The van der Waals surface area contributed by atoms with Crippen LogP contribution < -0.4 is 5.73 Å². The van der Waals surface area contributed by atoms with E-state index in [9.17, 15) is 19.0 Å². The number of phosphoric acid groups is 1. The minimum absolute atomic E-state index is 0.0444. The van der Waals surface area contributed by atoms with Crippen LogP contribution >= 0.6 is 7.82 Å². The first-order valence-electron chi connectivity index (χ1n) is 35.0. The Bertz CT molecular complexity index is 1980. The number of phosphoric ester groups is 1. The molecule has 0 heterocycles. The lowest BCUT2D eigenvalue weighted by atomic mass is 10.0. The summed E-state index contributed by atoms with van der Waals surface area (Å²) in [5.41, 5.74) is 5.40. The molecular weight excluding hydrogens is 1100 g/mol. The maximum Gasteiger partial charge on any atom is 0.472 e. The molecule has 0 fully saturated rings. The second-order valence-electron chi connectivity index (χ2n) is 22.7. The maximum absolute atomic E-state index is 12.8. The molecule has 0 aromatic heterocycles. The summed E-state index contributed by atoms with van der Waals surface area (Å²) in [7, 11) is -4.41. The van der Waals surface area contributed by atoms with Crippen molar-refractivity contribution in [1.29, 1.82) is 0 Å². The second kappa shape index (κ2) is 70.7. The molecule has 10 heteroatoms. The summed E-state index contributed by atoms with van der Waals surface area (Å²) in [5.74, 6) is -0.844. The van der Waals surface area contributed by atoms with E-state index in [1.165, 1.54) is 128 Å². The highest BCUT2D eigenvalue weighted by Crippen LogP contribution is 2.43. The molecule has 9 nitrogen and oxygen atoms in total. The van der Waals surface area contributed by atoms with Crippen LogP contribution in [0.3, 0.4) is 0 Å². The van der Waals surface area contributed by atoms with E-state index >= 15 is 0 Å². The molecule has 0 aliphatic rings. The van der Waals surface area contributed by atoms with Gasteiger partial charge in [0, 0.05) is 19.4 Å². The third-order valence-electron chi connectivity index (χ3n) is 14.4. The van der Waals surface area contributed by atoms with Crippen LogP contribution in [0.1, 0.15) is 284 Å². The first kappa shape index (κ1) is 82.6. The number of ether oxygens (including phenoxy) is 2. The van der Waals surface area contributed by atoms with Crippen molar-refractivity contribution >= 4 is 19.8 Å². The Morgan fingerprint density at radius 3 is 0.943 bits per heavy atom. The van der Waals surface area contributed by atoms with Gasteiger partial charge in [0.1, 0.15) is 6.61 Å². The van der Waals surface area contributed by atoms with Gasteiger partial charge >= 0.3 is 19.8 Å². The summed E-state index contributed by atoms with van der Waals surface area (Å²) in [5, 5.41) is 0. The SMILES string of the molecule is CC/C=C\C/C=C\C/C=C\C/C=C\C/C=C\C/C=C\C/C=C\C/C=C\C/C=C\C/C=C\CCCCCCCCCCC(=O)OC(COC(=O)CCCCCCCCCCCCCC/C=C\C/C=C\C/C=C\CCCCCCC)COP(=O)(O)OCCN.